The van der Waals surface area contributed by atoms with Crippen LogP contribution in [0, 0.1) is 0 Å². The quantitative estimate of drug-likeness (QED) is 0.886. The average molecular weight is 306 g/mol. The highest BCUT2D eigenvalue weighted by molar-refractivity contribution is 6.30. The van der Waals surface area contributed by atoms with Crippen molar-refractivity contribution in [3.8, 4) is 11.5 Å². The number of rotatable bonds is 6. The molecule has 112 valence electrons. The van der Waals surface area contributed by atoms with Crippen LogP contribution >= 0.6 is 11.6 Å². The van der Waals surface area contributed by atoms with Crippen molar-refractivity contribution in [1.82, 2.24) is 0 Å². The molecule has 0 fully saturated rings. The highest BCUT2D eigenvalue weighted by Gasteiger charge is 2.14. The first-order chi connectivity index (χ1) is 10.2. The SMILES string of the molecule is COc1cccc(C(CN)Cc2cc(Cl)ccc2OC)c1. The molecular weight excluding hydrogens is 286 g/mol. The lowest BCUT2D eigenvalue weighted by atomic mass is 9.91. The predicted octanol–water partition coefficient (Wildman–Crippen LogP) is 3.64. The van der Waals surface area contributed by atoms with Gasteiger partial charge in [0, 0.05) is 10.9 Å². The van der Waals surface area contributed by atoms with E-state index < -0.39 is 0 Å². The van der Waals surface area contributed by atoms with Crippen LogP contribution < -0.4 is 15.2 Å². The standard InChI is InChI=1S/C17H20ClNO2/c1-20-16-5-3-4-12(10-16)14(11-19)8-13-9-15(18)6-7-17(13)21-2/h3-7,9-10,14H,8,11,19H2,1-2H3. The lowest BCUT2D eigenvalue weighted by Gasteiger charge is -2.18. The van der Waals surface area contributed by atoms with Gasteiger partial charge in [0.2, 0.25) is 0 Å². The molecule has 0 bridgehead atoms. The van der Waals surface area contributed by atoms with E-state index in [1.54, 1.807) is 14.2 Å². The summed E-state index contributed by atoms with van der Waals surface area (Å²) in [5.74, 6) is 1.86. The normalized spacial score (nSPS) is 12.0. The van der Waals surface area contributed by atoms with Crippen molar-refractivity contribution in [3.05, 3.63) is 58.6 Å². The van der Waals surface area contributed by atoms with Crippen molar-refractivity contribution in [3.63, 3.8) is 0 Å². The Kier molecular flexibility index (Phi) is 5.48. The Bertz CT molecular complexity index is 601. The van der Waals surface area contributed by atoms with E-state index in [0.717, 1.165) is 29.0 Å². The van der Waals surface area contributed by atoms with Gasteiger partial charge >= 0.3 is 0 Å². The van der Waals surface area contributed by atoms with Gasteiger partial charge in [-0.05, 0) is 54.4 Å². The summed E-state index contributed by atoms with van der Waals surface area (Å²) in [7, 11) is 3.33. The molecule has 2 rings (SSSR count). The first-order valence-corrected chi connectivity index (χ1v) is 7.22. The third kappa shape index (κ3) is 3.90. The molecule has 0 aromatic heterocycles. The summed E-state index contributed by atoms with van der Waals surface area (Å²) in [5, 5.41) is 0.701. The Morgan fingerprint density at radius 1 is 1.10 bits per heavy atom. The molecule has 2 aromatic carbocycles. The van der Waals surface area contributed by atoms with Crippen LogP contribution in [0.4, 0.5) is 0 Å². The van der Waals surface area contributed by atoms with E-state index in [1.807, 2.05) is 36.4 Å². The highest BCUT2D eigenvalue weighted by atomic mass is 35.5. The predicted molar refractivity (Wildman–Crippen MR) is 86.5 cm³/mol. The number of hydrogen-bond acceptors (Lipinski definition) is 3. The smallest absolute Gasteiger partial charge is 0.122 e. The molecule has 0 aliphatic carbocycles. The van der Waals surface area contributed by atoms with Gasteiger partial charge in [0.15, 0.2) is 0 Å². The fraction of sp³-hybridized carbons (Fsp3) is 0.294. The van der Waals surface area contributed by atoms with Crippen LogP contribution in [0.2, 0.25) is 5.02 Å². The molecule has 0 spiro atoms. The van der Waals surface area contributed by atoms with Crippen LogP contribution in [0.25, 0.3) is 0 Å². The first kappa shape index (κ1) is 15.7. The van der Waals surface area contributed by atoms with Crippen LogP contribution in [-0.2, 0) is 6.42 Å². The fourth-order valence-electron chi connectivity index (χ4n) is 2.40. The number of halogens is 1. The Hall–Kier alpha value is -1.71. The summed E-state index contributed by atoms with van der Waals surface area (Å²) >= 11 is 6.09. The molecule has 0 saturated heterocycles. The van der Waals surface area contributed by atoms with Crippen LogP contribution in [0.5, 0.6) is 11.5 Å². The van der Waals surface area contributed by atoms with Crippen molar-refractivity contribution < 1.29 is 9.47 Å². The lowest BCUT2D eigenvalue weighted by Crippen LogP contribution is -2.15. The highest BCUT2D eigenvalue weighted by Crippen LogP contribution is 2.29. The summed E-state index contributed by atoms with van der Waals surface area (Å²) in [5.41, 5.74) is 8.17. The second-order valence-electron chi connectivity index (χ2n) is 4.87. The Labute approximate surface area is 130 Å². The van der Waals surface area contributed by atoms with Gasteiger partial charge in [0.1, 0.15) is 11.5 Å². The molecule has 3 nitrogen and oxygen atoms in total. The van der Waals surface area contributed by atoms with E-state index in [-0.39, 0.29) is 5.92 Å². The fourth-order valence-corrected chi connectivity index (χ4v) is 2.60. The summed E-state index contributed by atoms with van der Waals surface area (Å²) < 4.78 is 10.7. The zero-order valence-corrected chi connectivity index (χ0v) is 13.1. The second kappa shape index (κ2) is 7.34. The summed E-state index contributed by atoms with van der Waals surface area (Å²) in [4.78, 5) is 0. The van der Waals surface area contributed by atoms with Gasteiger partial charge in [-0.1, -0.05) is 23.7 Å². The molecule has 0 aliphatic rings. The van der Waals surface area contributed by atoms with E-state index in [9.17, 15) is 0 Å². The number of ether oxygens (including phenoxy) is 2. The molecule has 0 amide bonds. The van der Waals surface area contributed by atoms with Gasteiger partial charge in [-0.15, -0.1) is 0 Å². The van der Waals surface area contributed by atoms with Crippen LogP contribution in [0.15, 0.2) is 42.5 Å². The summed E-state index contributed by atoms with van der Waals surface area (Å²) in [6.45, 7) is 0.544. The molecule has 0 aliphatic heterocycles. The zero-order chi connectivity index (χ0) is 15.2. The monoisotopic (exact) mass is 305 g/mol. The van der Waals surface area contributed by atoms with Crippen LogP contribution in [0.3, 0.4) is 0 Å². The van der Waals surface area contributed by atoms with Gasteiger partial charge in [-0.25, -0.2) is 0 Å². The number of hydrogen-bond donors (Lipinski definition) is 1. The average Bonchev–Trinajstić information content (AvgIpc) is 2.52. The molecule has 21 heavy (non-hydrogen) atoms. The molecule has 1 atom stereocenters. The van der Waals surface area contributed by atoms with Crippen molar-refractivity contribution in [2.24, 2.45) is 5.73 Å². The topological polar surface area (TPSA) is 44.5 Å². The maximum absolute atomic E-state index is 6.09. The van der Waals surface area contributed by atoms with E-state index in [1.165, 1.54) is 0 Å². The van der Waals surface area contributed by atoms with E-state index >= 15 is 0 Å². The zero-order valence-electron chi connectivity index (χ0n) is 12.3. The summed E-state index contributed by atoms with van der Waals surface area (Å²) in [6.07, 6.45) is 0.771. The van der Waals surface area contributed by atoms with Crippen molar-refractivity contribution in [2.45, 2.75) is 12.3 Å². The van der Waals surface area contributed by atoms with E-state index in [2.05, 4.69) is 6.07 Å². The Morgan fingerprint density at radius 2 is 1.90 bits per heavy atom. The minimum Gasteiger partial charge on any atom is -0.497 e. The van der Waals surface area contributed by atoms with Crippen LogP contribution in [-0.4, -0.2) is 20.8 Å². The Balaban J connectivity index is 2.28. The van der Waals surface area contributed by atoms with Gasteiger partial charge in [0.05, 0.1) is 14.2 Å². The van der Waals surface area contributed by atoms with Gasteiger partial charge < -0.3 is 15.2 Å². The molecule has 0 saturated carbocycles. The number of methoxy groups -OCH3 is 2. The molecule has 1 unspecified atom stereocenters. The molecule has 2 aromatic rings. The lowest BCUT2D eigenvalue weighted by molar-refractivity contribution is 0.407. The summed E-state index contributed by atoms with van der Waals surface area (Å²) in [6, 6.07) is 13.6. The largest absolute Gasteiger partial charge is 0.497 e. The number of benzene rings is 2. The number of nitrogens with two attached hydrogens (primary N) is 1. The molecular formula is C17H20ClNO2. The van der Waals surface area contributed by atoms with E-state index in [0.29, 0.717) is 11.6 Å². The van der Waals surface area contributed by atoms with Crippen molar-refractivity contribution in [2.75, 3.05) is 20.8 Å². The van der Waals surface area contributed by atoms with Crippen LogP contribution in [0.1, 0.15) is 17.0 Å². The maximum Gasteiger partial charge on any atom is 0.122 e. The second-order valence-corrected chi connectivity index (χ2v) is 5.31. The van der Waals surface area contributed by atoms with E-state index in [4.69, 9.17) is 26.8 Å². The van der Waals surface area contributed by atoms with Gasteiger partial charge in [-0.2, -0.15) is 0 Å². The Morgan fingerprint density at radius 3 is 2.57 bits per heavy atom. The first-order valence-electron chi connectivity index (χ1n) is 6.84. The molecule has 2 N–H and O–H groups in total. The molecule has 0 radical (unpaired) electrons. The minimum absolute atomic E-state index is 0.187. The third-order valence-electron chi connectivity index (χ3n) is 3.56. The maximum atomic E-state index is 6.09. The van der Waals surface area contributed by atoms with Crippen molar-refractivity contribution in [1.29, 1.82) is 0 Å². The third-order valence-corrected chi connectivity index (χ3v) is 3.79. The van der Waals surface area contributed by atoms with Crippen molar-refractivity contribution >= 4 is 11.6 Å². The molecule has 0 heterocycles. The minimum atomic E-state index is 0.187. The molecule has 4 heteroatoms. The van der Waals surface area contributed by atoms with Gasteiger partial charge in [0.25, 0.3) is 0 Å². The van der Waals surface area contributed by atoms with Gasteiger partial charge in [-0.3, -0.25) is 0 Å².